The minimum absolute atomic E-state index is 0.435. The molecule has 0 saturated heterocycles. The quantitative estimate of drug-likeness (QED) is 0.738. The van der Waals surface area contributed by atoms with Crippen LogP contribution in [-0.4, -0.2) is 16.7 Å². The van der Waals surface area contributed by atoms with Crippen molar-refractivity contribution in [2.24, 2.45) is 7.05 Å². The molecule has 21 heavy (non-hydrogen) atoms. The predicted octanol–water partition coefficient (Wildman–Crippen LogP) is 3.45. The molecular weight excluding hydrogens is 274 g/mol. The van der Waals surface area contributed by atoms with Gasteiger partial charge in [-0.25, -0.2) is 13.8 Å². The molecule has 0 aliphatic heterocycles. The van der Waals surface area contributed by atoms with E-state index in [0.717, 1.165) is 28.7 Å². The molecule has 0 unspecified atom stereocenters. The van der Waals surface area contributed by atoms with E-state index in [-0.39, 0.29) is 0 Å². The summed E-state index contributed by atoms with van der Waals surface area (Å²) in [7, 11) is 3.50. The number of rotatable bonds is 3. The molecule has 108 valence electrons. The molecule has 0 atom stereocenters. The van der Waals surface area contributed by atoms with Crippen LogP contribution in [0.3, 0.4) is 0 Å². The van der Waals surface area contributed by atoms with Gasteiger partial charge in [-0.05, 0) is 29.8 Å². The van der Waals surface area contributed by atoms with Gasteiger partial charge in [0.25, 0.3) is 0 Å². The van der Waals surface area contributed by atoms with Crippen molar-refractivity contribution >= 4 is 11.0 Å². The van der Waals surface area contributed by atoms with Crippen molar-refractivity contribution in [1.82, 2.24) is 9.55 Å². The summed E-state index contributed by atoms with van der Waals surface area (Å²) in [6, 6.07) is 9.55. The highest BCUT2D eigenvalue weighted by Crippen LogP contribution is 2.22. The fourth-order valence-electron chi connectivity index (χ4n) is 2.35. The van der Waals surface area contributed by atoms with Crippen LogP contribution < -0.4 is 4.74 Å². The van der Waals surface area contributed by atoms with Gasteiger partial charge in [-0.2, -0.15) is 0 Å². The highest BCUT2D eigenvalue weighted by atomic mass is 19.2. The monoisotopic (exact) mass is 288 g/mol. The van der Waals surface area contributed by atoms with Gasteiger partial charge in [-0.15, -0.1) is 0 Å². The molecule has 0 amide bonds. The first kappa shape index (κ1) is 13.5. The number of ether oxygens (including phenoxy) is 1. The number of nitrogens with zero attached hydrogens (tertiary/aromatic N) is 2. The Morgan fingerprint density at radius 2 is 1.90 bits per heavy atom. The first-order valence-electron chi connectivity index (χ1n) is 6.52. The second-order valence-corrected chi connectivity index (χ2v) is 4.87. The van der Waals surface area contributed by atoms with E-state index in [1.165, 1.54) is 6.07 Å². The summed E-state index contributed by atoms with van der Waals surface area (Å²) >= 11 is 0. The van der Waals surface area contributed by atoms with E-state index in [4.69, 9.17) is 4.74 Å². The highest BCUT2D eigenvalue weighted by molar-refractivity contribution is 5.77. The molecule has 5 heteroatoms. The van der Waals surface area contributed by atoms with Gasteiger partial charge in [-0.3, -0.25) is 0 Å². The van der Waals surface area contributed by atoms with Gasteiger partial charge in [-0.1, -0.05) is 6.07 Å². The molecule has 0 aliphatic carbocycles. The lowest BCUT2D eigenvalue weighted by molar-refractivity contribution is 0.415. The van der Waals surface area contributed by atoms with Crippen molar-refractivity contribution in [1.29, 1.82) is 0 Å². The fourth-order valence-corrected chi connectivity index (χ4v) is 2.35. The Bertz CT molecular complexity index is 811. The summed E-state index contributed by atoms with van der Waals surface area (Å²) in [5.74, 6) is -0.161. The number of aromatic nitrogens is 2. The molecule has 0 N–H and O–H groups in total. The summed E-state index contributed by atoms with van der Waals surface area (Å²) < 4.78 is 33.3. The minimum atomic E-state index is -0.840. The van der Waals surface area contributed by atoms with Crippen molar-refractivity contribution in [3.63, 3.8) is 0 Å². The fraction of sp³-hybridized carbons (Fsp3) is 0.188. The van der Waals surface area contributed by atoms with Gasteiger partial charge in [0.05, 0.1) is 18.1 Å². The van der Waals surface area contributed by atoms with Gasteiger partial charge < -0.3 is 9.30 Å². The van der Waals surface area contributed by atoms with Crippen LogP contribution in [0.4, 0.5) is 8.78 Å². The average molecular weight is 288 g/mol. The van der Waals surface area contributed by atoms with Crippen LogP contribution in [0.2, 0.25) is 0 Å². The molecule has 0 bridgehead atoms. The Hall–Kier alpha value is -2.43. The molecule has 0 aliphatic rings. The molecular formula is C16H14F2N2O. The van der Waals surface area contributed by atoms with Crippen molar-refractivity contribution in [3.8, 4) is 5.75 Å². The first-order valence-corrected chi connectivity index (χ1v) is 6.52. The highest BCUT2D eigenvalue weighted by Gasteiger charge is 2.10. The Balaban J connectivity index is 2.00. The maximum Gasteiger partial charge on any atom is 0.159 e. The third-order valence-corrected chi connectivity index (χ3v) is 3.53. The Labute approximate surface area is 120 Å². The molecule has 0 saturated carbocycles. The molecule has 2 aromatic carbocycles. The zero-order valence-corrected chi connectivity index (χ0v) is 11.7. The van der Waals surface area contributed by atoms with E-state index in [1.807, 2.05) is 29.8 Å². The summed E-state index contributed by atoms with van der Waals surface area (Å²) in [5.41, 5.74) is 2.46. The molecule has 3 nitrogen and oxygen atoms in total. The van der Waals surface area contributed by atoms with E-state index < -0.39 is 11.6 Å². The van der Waals surface area contributed by atoms with E-state index in [1.54, 1.807) is 13.2 Å². The summed E-state index contributed by atoms with van der Waals surface area (Å²) in [4.78, 5) is 4.54. The van der Waals surface area contributed by atoms with Crippen LogP contribution in [0.25, 0.3) is 11.0 Å². The number of benzene rings is 2. The SMILES string of the molecule is COc1ccc2c(c1)nc(Cc1ccc(F)c(F)c1)n2C. The lowest BCUT2D eigenvalue weighted by atomic mass is 10.1. The number of hydrogen-bond donors (Lipinski definition) is 0. The number of hydrogen-bond acceptors (Lipinski definition) is 2. The summed E-state index contributed by atoms with van der Waals surface area (Å²) in [5, 5.41) is 0. The molecule has 3 aromatic rings. The Kier molecular flexibility index (Phi) is 3.33. The van der Waals surface area contributed by atoms with Gasteiger partial charge in [0, 0.05) is 19.5 Å². The lowest BCUT2D eigenvalue weighted by Gasteiger charge is -2.03. The van der Waals surface area contributed by atoms with Crippen LogP contribution in [-0.2, 0) is 13.5 Å². The van der Waals surface area contributed by atoms with Crippen molar-refractivity contribution < 1.29 is 13.5 Å². The smallest absolute Gasteiger partial charge is 0.159 e. The Morgan fingerprint density at radius 3 is 2.62 bits per heavy atom. The van der Waals surface area contributed by atoms with Crippen LogP contribution in [0.5, 0.6) is 5.75 Å². The largest absolute Gasteiger partial charge is 0.497 e. The molecule has 0 radical (unpaired) electrons. The minimum Gasteiger partial charge on any atom is -0.497 e. The van der Waals surface area contributed by atoms with Crippen molar-refractivity contribution in [2.45, 2.75) is 6.42 Å². The third-order valence-electron chi connectivity index (χ3n) is 3.53. The van der Waals surface area contributed by atoms with Crippen LogP contribution >= 0.6 is 0 Å². The molecule has 0 spiro atoms. The topological polar surface area (TPSA) is 27.1 Å². The lowest BCUT2D eigenvalue weighted by Crippen LogP contribution is -2.00. The van der Waals surface area contributed by atoms with Crippen LogP contribution in [0.15, 0.2) is 36.4 Å². The van der Waals surface area contributed by atoms with Crippen LogP contribution in [0.1, 0.15) is 11.4 Å². The Morgan fingerprint density at radius 1 is 1.10 bits per heavy atom. The van der Waals surface area contributed by atoms with Gasteiger partial charge in [0.2, 0.25) is 0 Å². The van der Waals surface area contributed by atoms with Gasteiger partial charge >= 0.3 is 0 Å². The van der Waals surface area contributed by atoms with Crippen molar-refractivity contribution in [2.75, 3.05) is 7.11 Å². The predicted molar refractivity (Wildman–Crippen MR) is 76.4 cm³/mol. The first-order chi connectivity index (χ1) is 10.1. The number of imidazole rings is 1. The summed E-state index contributed by atoms with van der Waals surface area (Å²) in [6.45, 7) is 0. The van der Waals surface area contributed by atoms with Gasteiger partial charge in [0.1, 0.15) is 11.6 Å². The molecule has 3 rings (SSSR count). The standard InChI is InChI=1S/C16H14F2N2O/c1-20-15-6-4-11(21-2)9-14(15)19-16(20)8-10-3-5-12(17)13(18)7-10/h3-7,9H,8H2,1-2H3. The van der Waals surface area contributed by atoms with Gasteiger partial charge in [0.15, 0.2) is 11.6 Å². The maximum atomic E-state index is 13.3. The maximum absolute atomic E-state index is 13.3. The molecule has 1 heterocycles. The van der Waals surface area contributed by atoms with E-state index in [2.05, 4.69) is 4.98 Å². The molecule has 1 aromatic heterocycles. The van der Waals surface area contributed by atoms with Crippen LogP contribution in [0, 0.1) is 11.6 Å². The number of aryl methyl sites for hydroxylation is 1. The normalized spacial score (nSPS) is 11.0. The van der Waals surface area contributed by atoms with Crippen molar-refractivity contribution in [3.05, 3.63) is 59.4 Å². The van der Waals surface area contributed by atoms with E-state index >= 15 is 0 Å². The number of fused-ring (bicyclic) bond motifs is 1. The van der Waals surface area contributed by atoms with E-state index in [0.29, 0.717) is 12.0 Å². The third kappa shape index (κ3) is 2.46. The zero-order chi connectivity index (χ0) is 15.0. The molecule has 0 fully saturated rings. The average Bonchev–Trinajstić information content (AvgIpc) is 2.79. The van der Waals surface area contributed by atoms with E-state index in [9.17, 15) is 8.78 Å². The summed E-state index contributed by atoms with van der Waals surface area (Å²) in [6.07, 6.45) is 0.435. The second kappa shape index (κ2) is 5.16. The second-order valence-electron chi connectivity index (χ2n) is 4.87. The number of halogens is 2. The number of methoxy groups -OCH3 is 1. The zero-order valence-electron chi connectivity index (χ0n) is 11.7.